The fourth-order valence-corrected chi connectivity index (χ4v) is 3.05. The highest BCUT2D eigenvalue weighted by Crippen LogP contribution is 2.18. The van der Waals surface area contributed by atoms with Crippen molar-refractivity contribution in [3.63, 3.8) is 0 Å². The Balaban J connectivity index is 2.01. The first-order valence-electron chi connectivity index (χ1n) is 6.52. The van der Waals surface area contributed by atoms with E-state index in [4.69, 9.17) is 0 Å². The van der Waals surface area contributed by atoms with E-state index in [1.807, 2.05) is 17.2 Å². The molecule has 0 aromatic carbocycles. The van der Waals surface area contributed by atoms with Gasteiger partial charge in [-0.1, -0.05) is 12.8 Å². The molecule has 1 fully saturated rings. The summed E-state index contributed by atoms with van der Waals surface area (Å²) in [4.78, 5) is 18.5. The molecule has 1 unspecified atom stereocenters. The fourth-order valence-electron chi connectivity index (χ4n) is 2.44. The van der Waals surface area contributed by atoms with E-state index in [1.165, 1.54) is 0 Å². The molecular weight excluding hydrogens is 248 g/mol. The Labute approximate surface area is 112 Å². The number of aryl methyl sites for hydroxylation is 1. The lowest BCUT2D eigenvalue weighted by Gasteiger charge is -2.28. The molecule has 1 atom stereocenters. The molecule has 0 saturated carbocycles. The van der Waals surface area contributed by atoms with E-state index in [1.54, 1.807) is 11.3 Å². The second-order valence-corrected chi connectivity index (χ2v) is 5.87. The highest BCUT2D eigenvalue weighted by molar-refractivity contribution is 7.09. The number of rotatable bonds is 3. The first kappa shape index (κ1) is 13.5. The molecule has 1 aliphatic rings. The molecular formula is C13H20N2O2S. The molecule has 1 aliphatic heterocycles. The molecule has 0 aliphatic carbocycles. The van der Waals surface area contributed by atoms with Crippen LogP contribution < -0.4 is 0 Å². The van der Waals surface area contributed by atoms with Crippen LogP contribution in [0, 0.1) is 6.92 Å². The normalized spacial score (nSPS) is 20.8. The molecule has 100 valence electrons. The Kier molecular flexibility index (Phi) is 4.72. The Morgan fingerprint density at radius 2 is 2.39 bits per heavy atom. The zero-order valence-corrected chi connectivity index (χ0v) is 11.6. The number of carbonyl (C=O) groups is 1. The number of amides is 1. The minimum atomic E-state index is -0.000248. The van der Waals surface area contributed by atoms with Gasteiger partial charge in [0.1, 0.15) is 0 Å². The van der Waals surface area contributed by atoms with Crippen LogP contribution in [0.15, 0.2) is 5.38 Å². The van der Waals surface area contributed by atoms with Crippen molar-refractivity contribution in [2.75, 3.05) is 13.2 Å². The van der Waals surface area contributed by atoms with Crippen LogP contribution in [-0.2, 0) is 11.2 Å². The van der Waals surface area contributed by atoms with Crippen LogP contribution in [0.4, 0.5) is 0 Å². The average Bonchev–Trinajstić information content (AvgIpc) is 2.65. The van der Waals surface area contributed by atoms with Gasteiger partial charge in [-0.15, -0.1) is 11.3 Å². The standard InChI is InChI=1S/C13H20N2O2S/c1-10-14-11(9-18-10)7-13(17)15-6-4-2-3-5-12(15)8-16/h9,12,16H,2-8H2,1H3. The maximum atomic E-state index is 12.3. The summed E-state index contributed by atoms with van der Waals surface area (Å²) in [5.41, 5.74) is 0.850. The van der Waals surface area contributed by atoms with Crippen molar-refractivity contribution in [1.29, 1.82) is 0 Å². The van der Waals surface area contributed by atoms with Crippen molar-refractivity contribution < 1.29 is 9.90 Å². The number of aromatic nitrogens is 1. The van der Waals surface area contributed by atoms with Gasteiger partial charge < -0.3 is 10.0 Å². The van der Waals surface area contributed by atoms with Gasteiger partial charge in [-0.2, -0.15) is 0 Å². The molecule has 2 heterocycles. The van der Waals surface area contributed by atoms with E-state index >= 15 is 0 Å². The molecule has 4 nitrogen and oxygen atoms in total. The monoisotopic (exact) mass is 268 g/mol. The molecule has 18 heavy (non-hydrogen) atoms. The van der Waals surface area contributed by atoms with Crippen LogP contribution in [0.5, 0.6) is 0 Å². The molecule has 0 spiro atoms. The third-order valence-electron chi connectivity index (χ3n) is 3.41. The van der Waals surface area contributed by atoms with Crippen LogP contribution in [0.1, 0.15) is 36.4 Å². The summed E-state index contributed by atoms with van der Waals surface area (Å²) in [7, 11) is 0. The summed E-state index contributed by atoms with van der Waals surface area (Å²) in [6.45, 7) is 2.79. The summed E-state index contributed by atoms with van der Waals surface area (Å²) in [6, 6.07) is -0.000248. The van der Waals surface area contributed by atoms with E-state index in [9.17, 15) is 9.90 Å². The molecule has 0 radical (unpaired) electrons. The number of carbonyl (C=O) groups excluding carboxylic acids is 1. The van der Waals surface area contributed by atoms with Gasteiger partial charge in [0.15, 0.2) is 0 Å². The van der Waals surface area contributed by atoms with Crippen molar-refractivity contribution in [3.05, 3.63) is 16.1 Å². The summed E-state index contributed by atoms with van der Waals surface area (Å²) < 4.78 is 0. The van der Waals surface area contributed by atoms with Gasteiger partial charge in [0, 0.05) is 11.9 Å². The highest BCUT2D eigenvalue weighted by atomic mass is 32.1. The summed E-state index contributed by atoms with van der Waals surface area (Å²) in [5, 5.41) is 12.3. The highest BCUT2D eigenvalue weighted by Gasteiger charge is 2.25. The lowest BCUT2D eigenvalue weighted by Crippen LogP contribution is -2.42. The van der Waals surface area contributed by atoms with Gasteiger partial charge in [-0.25, -0.2) is 4.98 Å². The lowest BCUT2D eigenvalue weighted by atomic mass is 10.1. The number of aliphatic hydroxyl groups is 1. The largest absolute Gasteiger partial charge is 0.394 e. The van der Waals surface area contributed by atoms with Crippen molar-refractivity contribution in [2.45, 2.75) is 45.1 Å². The number of aliphatic hydroxyl groups excluding tert-OH is 1. The second kappa shape index (κ2) is 6.29. The first-order valence-corrected chi connectivity index (χ1v) is 7.40. The lowest BCUT2D eigenvalue weighted by molar-refractivity contribution is -0.133. The molecule has 1 amide bonds. The molecule has 1 aromatic rings. The summed E-state index contributed by atoms with van der Waals surface area (Å²) in [5.74, 6) is 0.0984. The second-order valence-electron chi connectivity index (χ2n) is 4.81. The number of thiazole rings is 1. The van der Waals surface area contributed by atoms with E-state index in [-0.39, 0.29) is 18.6 Å². The Morgan fingerprint density at radius 3 is 3.06 bits per heavy atom. The molecule has 1 saturated heterocycles. The number of hydrogen-bond donors (Lipinski definition) is 1. The van der Waals surface area contributed by atoms with Crippen molar-refractivity contribution in [3.8, 4) is 0 Å². The van der Waals surface area contributed by atoms with Gasteiger partial charge in [0.05, 0.1) is 29.8 Å². The van der Waals surface area contributed by atoms with Crippen LogP contribution in [0.3, 0.4) is 0 Å². The molecule has 0 bridgehead atoms. The third-order valence-corrected chi connectivity index (χ3v) is 4.23. The van der Waals surface area contributed by atoms with E-state index in [2.05, 4.69) is 4.98 Å². The number of nitrogens with zero attached hydrogens (tertiary/aromatic N) is 2. The van der Waals surface area contributed by atoms with E-state index in [0.717, 1.165) is 42.9 Å². The SMILES string of the molecule is Cc1nc(CC(=O)N2CCCCCC2CO)cs1. The van der Waals surface area contributed by atoms with E-state index in [0.29, 0.717) is 6.42 Å². The summed E-state index contributed by atoms with van der Waals surface area (Å²) >= 11 is 1.57. The zero-order chi connectivity index (χ0) is 13.0. The molecule has 2 rings (SSSR count). The Morgan fingerprint density at radius 1 is 1.56 bits per heavy atom. The maximum Gasteiger partial charge on any atom is 0.228 e. The van der Waals surface area contributed by atoms with Gasteiger partial charge in [0.2, 0.25) is 5.91 Å². The quantitative estimate of drug-likeness (QED) is 0.909. The van der Waals surface area contributed by atoms with Crippen molar-refractivity contribution in [2.24, 2.45) is 0 Å². The molecule has 1 aromatic heterocycles. The average molecular weight is 268 g/mol. The van der Waals surface area contributed by atoms with Gasteiger partial charge in [-0.3, -0.25) is 4.79 Å². The van der Waals surface area contributed by atoms with Crippen LogP contribution in [0.2, 0.25) is 0 Å². The maximum absolute atomic E-state index is 12.3. The van der Waals surface area contributed by atoms with Gasteiger partial charge >= 0.3 is 0 Å². The minimum absolute atomic E-state index is 0.000248. The summed E-state index contributed by atoms with van der Waals surface area (Å²) in [6.07, 6.45) is 4.57. The van der Waals surface area contributed by atoms with Gasteiger partial charge in [-0.05, 0) is 19.8 Å². The van der Waals surface area contributed by atoms with Crippen molar-refractivity contribution >= 4 is 17.2 Å². The van der Waals surface area contributed by atoms with Gasteiger partial charge in [0.25, 0.3) is 0 Å². The predicted molar refractivity (Wildman–Crippen MR) is 71.6 cm³/mol. The Bertz CT molecular complexity index is 405. The number of likely N-dealkylation sites (tertiary alicyclic amines) is 1. The Hall–Kier alpha value is -0.940. The topological polar surface area (TPSA) is 53.4 Å². The third kappa shape index (κ3) is 3.29. The smallest absolute Gasteiger partial charge is 0.228 e. The van der Waals surface area contributed by atoms with Crippen LogP contribution in [0.25, 0.3) is 0 Å². The first-order chi connectivity index (χ1) is 8.70. The predicted octanol–water partition coefficient (Wildman–Crippen LogP) is 1.76. The van der Waals surface area contributed by atoms with Crippen LogP contribution in [-0.4, -0.2) is 40.1 Å². The van der Waals surface area contributed by atoms with Crippen LogP contribution >= 0.6 is 11.3 Å². The van der Waals surface area contributed by atoms with E-state index < -0.39 is 0 Å². The molecule has 5 heteroatoms. The number of hydrogen-bond acceptors (Lipinski definition) is 4. The fraction of sp³-hybridized carbons (Fsp3) is 0.692. The van der Waals surface area contributed by atoms with Crippen molar-refractivity contribution in [1.82, 2.24) is 9.88 Å². The zero-order valence-electron chi connectivity index (χ0n) is 10.8. The molecule has 1 N–H and O–H groups in total. The minimum Gasteiger partial charge on any atom is -0.394 e.